The lowest BCUT2D eigenvalue weighted by molar-refractivity contribution is -0.135. The number of hydrogen-bond acceptors (Lipinski definition) is 5. The van der Waals surface area contributed by atoms with Crippen LogP contribution >= 0.6 is 11.8 Å². The highest BCUT2D eigenvalue weighted by atomic mass is 32.2. The first-order valence-corrected chi connectivity index (χ1v) is 6.10. The second kappa shape index (κ2) is 4.29. The topological polar surface area (TPSA) is 66.3 Å². The van der Waals surface area contributed by atoms with E-state index in [1.165, 1.54) is 5.56 Å². The fourth-order valence-electron chi connectivity index (χ4n) is 1.64. The van der Waals surface area contributed by atoms with Crippen LogP contribution in [0.2, 0.25) is 0 Å². The first-order chi connectivity index (χ1) is 7.58. The maximum Gasteiger partial charge on any atom is 0.323 e. The lowest BCUT2D eigenvalue weighted by atomic mass is 10.2. The number of anilines is 1. The van der Waals surface area contributed by atoms with Crippen LogP contribution in [0.3, 0.4) is 0 Å². The third-order valence-corrected chi connectivity index (χ3v) is 3.46. The number of fused-ring (bicyclic) bond motifs is 1. The van der Waals surface area contributed by atoms with E-state index < -0.39 is 5.97 Å². The van der Waals surface area contributed by atoms with E-state index in [0.717, 1.165) is 22.9 Å². The number of hydrogen-bond donors (Lipinski definition) is 1. The Morgan fingerprint density at radius 3 is 2.94 bits per heavy atom. The van der Waals surface area contributed by atoms with Gasteiger partial charge in [-0.3, -0.25) is 4.79 Å². The fourth-order valence-corrected chi connectivity index (χ4v) is 2.75. The van der Waals surface area contributed by atoms with Gasteiger partial charge in [0.25, 0.3) is 0 Å². The summed E-state index contributed by atoms with van der Waals surface area (Å²) >= 11 is 1.81. The Hall–Kier alpha value is -1.30. The van der Waals surface area contributed by atoms with Crippen molar-refractivity contribution in [2.24, 2.45) is 0 Å². The van der Waals surface area contributed by atoms with Gasteiger partial charge in [-0.1, -0.05) is 0 Å². The zero-order valence-corrected chi connectivity index (χ0v) is 10.0. The minimum absolute atomic E-state index is 0.0780. The monoisotopic (exact) mass is 239 g/mol. The summed E-state index contributed by atoms with van der Waals surface area (Å²) in [6.45, 7) is 1.87. The molecule has 0 saturated heterocycles. The average Bonchev–Trinajstić information content (AvgIpc) is 2.64. The van der Waals surface area contributed by atoms with E-state index in [-0.39, 0.29) is 6.54 Å². The molecule has 86 valence electrons. The molecule has 0 atom stereocenters. The lowest BCUT2D eigenvalue weighted by Gasteiger charge is -2.16. The number of likely N-dealkylation sites (N-methyl/N-ethyl adjacent to an activating group) is 1. The summed E-state index contributed by atoms with van der Waals surface area (Å²) in [4.78, 5) is 20.9. The molecule has 1 aliphatic heterocycles. The third-order valence-electron chi connectivity index (χ3n) is 2.49. The molecule has 2 heterocycles. The third kappa shape index (κ3) is 2.11. The molecular weight excluding hydrogens is 226 g/mol. The van der Waals surface area contributed by atoms with Crippen molar-refractivity contribution in [1.82, 2.24) is 9.97 Å². The van der Waals surface area contributed by atoms with Crippen molar-refractivity contribution in [1.29, 1.82) is 0 Å². The van der Waals surface area contributed by atoms with Gasteiger partial charge in [-0.15, -0.1) is 0 Å². The Kier molecular flexibility index (Phi) is 3.00. The molecule has 16 heavy (non-hydrogen) atoms. The highest BCUT2D eigenvalue weighted by Crippen LogP contribution is 2.30. The largest absolute Gasteiger partial charge is 0.480 e. The molecule has 0 aliphatic carbocycles. The summed E-state index contributed by atoms with van der Waals surface area (Å²) in [5.41, 5.74) is 3.21. The van der Waals surface area contributed by atoms with Crippen molar-refractivity contribution in [2.75, 3.05) is 18.5 Å². The van der Waals surface area contributed by atoms with Crippen molar-refractivity contribution in [3.63, 3.8) is 0 Å². The normalized spacial score (nSPS) is 13.6. The smallest absolute Gasteiger partial charge is 0.323 e. The molecule has 1 aromatic rings. The van der Waals surface area contributed by atoms with Gasteiger partial charge in [0.05, 0.1) is 5.69 Å². The highest BCUT2D eigenvalue weighted by Gasteiger charge is 2.19. The number of aryl methyl sites for hydroxylation is 1. The van der Waals surface area contributed by atoms with E-state index in [4.69, 9.17) is 5.11 Å². The van der Waals surface area contributed by atoms with Crippen LogP contribution in [-0.2, 0) is 16.3 Å². The second-order valence-corrected chi connectivity index (χ2v) is 4.76. The van der Waals surface area contributed by atoms with E-state index in [1.54, 1.807) is 11.9 Å². The molecule has 0 unspecified atom stereocenters. The van der Waals surface area contributed by atoms with Crippen molar-refractivity contribution >= 4 is 23.7 Å². The number of aliphatic carboxylic acids is 1. The van der Waals surface area contributed by atoms with Gasteiger partial charge in [-0.05, 0) is 6.92 Å². The van der Waals surface area contributed by atoms with Crippen LogP contribution in [0.15, 0.2) is 0 Å². The molecule has 1 aromatic heterocycles. The number of carboxylic acid groups (broad SMARTS) is 1. The van der Waals surface area contributed by atoms with E-state index >= 15 is 0 Å². The molecule has 1 aliphatic rings. The van der Waals surface area contributed by atoms with Crippen LogP contribution in [0.1, 0.15) is 17.0 Å². The molecule has 0 radical (unpaired) electrons. The average molecular weight is 239 g/mol. The second-order valence-electron chi connectivity index (χ2n) is 3.78. The number of carboxylic acids is 1. The molecule has 0 bridgehead atoms. The zero-order valence-electron chi connectivity index (χ0n) is 9.23. The van der Waals surface area contributed by atoms with Crippen LogP contribution in [-0.4, -0.2) is 34.6 Å². The van der Waals surface area contributed by atoms with E-state index in [9.17, 15) is 4.79 Å². The summed E-state index contributed by atoms with van der Waals surface area (Å²) in [7, 11) is 1.69. The number of thioether (sulfide) groups is 1. The number of carbonyl (C=O) groups is 1. The number of nitrogens with zero attached hydrogens (tertiary/aromatic N) is 3. The fraction of sp³-hybridized carbons (Fsp3) is 0.500. The standard InChI is InChI=1S/C10H13N3O2S/c1-6-7-4-16-5-8(7)12-10(11-6)13(2)3-9(14)15/h3-5H2,1-2H3,(H,14,15). The SMILES string of the molecule is Cc1nc(N(C)CC(=O)O)nc2c1CSC2. The summed E-state index contributed by atoms with van der Waals surface area (Å²) in [6, 6.07) is 0. The van der Waals surface area contributed by atoms with E-state index in [1.807, 2.05) is 18.7 Å². The maximum absolute atomic E-state index is 10.6. The number of aromatic nitrogens is 2. The predicted octanol–water partition coefficient (Wildman–Crippen LogP) is 1.05. The van der Waals surface area contributed by atoms with Crippen LogP contribution in [0, 0.1) is 6.92 Å². The van der Waals surface area contributed by atoms with Crippen LogP contribution in [0.5, 0.6) is 0 Å². The zero-order chi connectivity index (χ0) is 11.7. The first-order valence-electron chi connectivity index (χ1n) is 4.95. The van der Waals surface area contributed by atoms with Gasteiger partial charge < -0.3 is 10.0 Å². The molecule has 0 saturated carbocycles. The Morgan fingerprint density at radius 1 is 1.50 bits per heavy atom. The van der Waals surface area contributed by atoms with Crippen LogP contribution in [0.4, 0.5) is 5.95 Å². The predicted molar refractivity (Wildman–Crippen MR) is 62.7 cm³/mol. The Labute approximate surface area is 97.9 Å². The maximum atomic E-state index is 10.6. The quantitative estimate of drug-likeness (QED) is 0.850. The van der Waals surface area contributed by atoms with Gasteiger partial charge >= 0.3 is 5.97 Å². The molecule has 5 nitrogen and oxygen atoms in total. The summed E-state index contributed by atoms with van der Waals surface area (Å²) in [5.74, 6) is 1.48. The molecule has 2 rings (SSSR count). The summed E-state index contributed by atoms with van der Waals surface area (Å²) in [6.07, 6.45) is 0. The first kappa shape index (κ1) is 11.2. The van der Waals surface area contributed by atoms with Gasteiger partial charge in [0, 0.05) is 29.8 Å². The van der Waals surface area contributed by atoms with Crippen molar-refractivity contribution in [2.45, 2.75) is 18.4 Å². The lowest BCUT2D eigenvalue weighted by Crippen LogP contribution is -2.27. The Bertz CT molecular complexity index is 436. The molecule has 6 heteroatoms. The van der Waals surface area contributed by atoms with Gasteiger partial charge in [-0.25, -0.2) is 9.97 Å². The summed E-state index contributed by atoms with van der Waals surface area (Å²) in [5, 5.41) is 8.71. The van der Waals surface area contributed by atoms with Gasteiger partial charge in [0.15, 0.2) is 0 Å². The molecule has 0 aromatic carbocycles. The van der Waals surface area contributed by atoms with E-state index in [2.05, 4.69) is 9.97 Å². The van der Waals surface area contributed by atoms with Crippen LogP contribution in [0.25, 0.3) is 0 Å². The molecular formula is C10H13N3O2S. The van der Waals surface area contributed by atoms with Crippen molar-refractivity contribution in [3.05, 3.63) is 17.0 Å². The Balaban J connectivity index is 2.29. The molecule has 1 N–H and O–H groups in total. The van der Waals surface area contributed by atoms with Gasteiger partial charge in [0.1, 0.15) is 6.54 Å². The molecule has 0 fully saturated rings. The van der Waals surface area contributed by atoms with E-state index in [0.29, 0.717) is 5.95 Å². The van der Waals surface area contributed by atoms with Gasteiger partial charge in [-0.2, -0.15) is 11.8 Å². The minimum atomic E-state index is -0.876. The molecule has 0 spiro atoms. The summed E-state index contributed by atoms with van der Waals surface area (Å²) < 4.78 is 0. The highest BCUT2D eigenvalue weighted by molar-refractivity contribution is 7.98. The van der Waals surface area contributed by atoms with Crippen molar-refractivity contribution < 1.29 is 9.90 Å². The molecule has 0 amide bonds. The van der Waals surface area contributed by atoms with Crippen LogP contribution < -0.4 is 4.90 Å². The Morgan fingerprint density at radius 2 is 2.25 bits per heavy atom. The minimum Gasteiger partial charge on any atom is -0.480 e. The number of rotatable bonds is 3. The van der Waals surface area contributed by atoms with Crippen molar-refractivity contribution in [3.8, 4) is 0 Å². The van der Waals surface area contributed by atoms with Gasteiger partial charge in [0.2, 0.25) is 5.95 Å².